The highest BCUT2D eigenvalue weighted by Crippen LogP contribution is 2.38. The van der Waals surface area contributed by atoms with Crippen molar-refractivity contribution in [3.63, 3.8) is 0 Å². The fourth-order valence-corrected chi connectivity index (χ4v) is 2.33. The number of ether oxygens (including phenoxy) is 2. The van der Waals surface area contributed by atoms with Crippen molar-refractivity contribution in [3.8, 4) is 5.75 Å². The zero-order valence-electron chi connectivity index (χ0n) is 11.4. The molecule has 0 unspecified atom stereocenters. The maximum atomic E-state index is 12.0. The van der Waals surface area contributed by atoms with Gasteiger partial charge in [-0.25, -0.2) is 0 Å². The highest BCUT2D eigenvalue weighted by molar-refractivity contribution is 5.92. The summed E-state index contributed by atoms with van der Waals surface area (Å²) in [7, 11) is 3.22. The summed E-state index contributed by atoms with van der Waals surface area (Å²) < 4.78 is 10.5. The Kier molecular flexibility index (Phi) is 3.95. The van der Waals surface area contributed by atoms with E-state index in [0.717, 1.165) is 19.3 Å². The van der Waals surface area contributed by atoms with Gasteiger partial charge in [0.05, 0.1) is 24.8 Å². The van der Waals surface area contributed by atoms with E-state index >= 15 is 0 Å². The fraction of sp³-hybridized carbons (Fsp3) is 0.500. The van der Waals surface area contributed by atoms with Gasteiger partial charge in [-0.15, -0.1) is 0 Å². The van der Waals surface area contributed by atoms with E-state index in [0.29, 0.717) is 23.5 Å². The number of nitrogens with two attached hydrogens (primary N) is 1. The molecule has 2 rings (SSSR count). The van der Waals surface area contributed by atoms with Gasteiger partial charge in [-0.05, 0) is 37.5 Å². The molecule has 0 saturated heterocycles. The number of nitrogen functional groups attached to an aromatic ring is 1. The summed E-state index contributed by atoms with van der Waals surface area (Å²) in [5.41, 5.74) is 6.72. The largest absolute Gasteiger partial charge is 0.495 e. The lowest BCUT2D eigenvalue weighted by Crippen LogP contribution is -2.42. The van der Waals surface area contributed by atoms with E-state index in [1.807, 2.05) is 0 Å². The van der Waals surface area contributed by atoms with Gasteiger partial charge in [0.2, 0.25) is 5.91 Å². The van der Waals surface area contributed by atoms with Crippen molar-refractivity contribution >= 4 is 17.3 Å². The Morgan fingerprint density at radius 2 is 2.16 bits per heavy atom. The van der Waals surface area contributed by atoms with E-state index < -0.39 is 0 Å². The molecule has 0 aliphatic heterocycles. The second-order valence-electron chi connectivity index (χ2n) is 4.92. The van der Waals surface area contributed by atoms with Crippen LogP contribution in [0, 0.1) is 0 Å². The lowest BCUT2D eigenvalue weighted by atomic mass is 9.77. The third kappa shape index (κ3) is 2.98. The van der Waals surface area contributed by atoms with Crippen molar-refractivity contribution in [3.05, 3.63) is 18.2 Å². The van der Waals surface area contributed by atoms with Crippen LogP contribution in [0.3, 0.4) is 0 Å². The molecule has 0 spiro atoms. The van der Waals surface area contributed by atoms with Crippen LogP contribution in [0.4, 0.5) is 11.4 Å². The van der Waals surface area contributed by atoms with Crippen LogP contribution in [0.5, 0.6) is 5.75 Å². The van der Waals surface area contributed by atoms with E-state index in [1.165, 1.54) is 0 Å². The van der Waals surface area contributed by atoms with Gasteiger partial charge < -0.3 is 20.5 Å². The molecule has 1 amide bonds. The zero-order chi connectivity index (χ0) is 13.9. The van der Waals surface area contributed by atoms with Crippen molar-refractivity contribution in [2.75, 3.05) is 25.3 Å². The second-order valence-corrected chi connectivity index (χ2v) is 4.92. The zero-order valence-corrected chi connectivity index (χ0v) is 11.4. The Balaban J connectivity index is 1.97. The van der Waals surface area contributed by atoms with E-state index in [4.69, 9.17) is 15.2 Å². The molecule has 0 aromatic heterocycles. The molecule has 1 saturated carbocycles. The number of carbonyl (C=O) groups is 1. The Labute approximate surface area is 113 Å². The molecule has 1 aromatic rings. The smallest absolute Gasteiger partial charge is 0.227 e. The summed E-state index contributed by atoms with van der Waals surface area (Å²) in [6.45, 7) is 0. The Morgan fingerprint density at radius 3 is 2.63 bits per heavy atom. The van der Waals surface area contributed by atoms with Crippen LogP contribution in [0.15, 0.2) is 18.2 Å². The number of hydrogen-bond donors (Lipinski definition) is 2. The van der Waals surface area contributed by atoms with Crippen molar-refractivity contribution < 1.29 is 14.3 Å². The molecule has 3 N–H and O–H groups in total. The molecule has 0 bridgehead atoms. The van der Waals surface area contributed by atoms with Gasteiger partial charge in [0.1, 0.15) is 5.75 Å². The standard InChI is InChI=1S/C14H20N2O3/c1-18-12-5-4-10(8-11(12)15)16-13(17)9-14(19-2)6-3-7-14/h4-5,8H,3,6-7,9,15H2,1-2H3,(H,16,17). The van der Waals surface area contributed by atoms with E-state index in [1.54, 1.807) is 32.4 Å². The van der Waals surface area contributed by atoms with Crippen LogP contribution in [-0.2, 0) is 9.53 Å². The quantitative estimate of drug-likeness (QED) is 0.799. The second kappa shape index (κ2) is 5.48. The number of methoxy groups -OCH3 is 2. The summed E-state index contributed by atoms with van der Waals surface area (Å²) in [6.07, 6.45) is 3.40. The van der Waals surface area contributed by atoms with Crippen LogP contribution in [0.2, 0.25) is 0 Å². The SMILES string of the molecule is COc1ccc(NC(=O)CC2(OC)CCC2)cc1N. The number of nitrogens with one attached hydrogen (secondary N) is 1. The van der Waals surface area contributed by atoms with Gasteiger partial charge in [-0.3, -0.25) is 4.79 Å². The molecular weight excluding hydrogens is 244 g/mol. The Hall–Kier alpha value is -1.75. The number of carbonyl (C=O) groups excluding carboxylic acids is 1. The van der Waals surface area contributed by atoms with Crippen LogP contribution in [-0.4, -0.2) is 25.7 Å². The third-order valence-electron chi connectivity index (χ3n) is 3.69. The predicted molar refractivity (Wildman–Crippen MR) is 74.2 cm³/mol. The summed E-state index contributed by atoms with van der Waals surface area (Å²) in [5.74, 6) is 0.552. The third-order valence-corrected chi connectivity index (χ3v) is 3.69. The summed E-state index contributed by atoms with van der Waals surface area (Å²) in [5, 5.41) is 2.84. The van der Waals surface area contributed by atoms with Gasteiger partial charge in [0.25, 0.3) is 0 Å². The maximum Gasteiger partial charge on any atom is 0.227 e. The molecule has 0 atom stereocenters. The van der Waals surface area contributed by atoms with Crippen LogP contribution in [0.25, 0.3) is 0 Å². The molecule has 0 heterocycles. The van der Waals surface area contributed by atoms with Crippen LogP contribution in [0.1, 0.15) is 25.7 Å². The van der Waals surface area contributed by atoms with Crippen LogP contribution >= 0.6 is 0 Å². The summed E-state index contributed by atoms with van der Waals surface area (Å²) >= 11 is 0. The number of rotatable bonds is 5. The minimum atomic E-state index is -0.262. The van der Waals surface area contributed by atoms with Gasteiger partial charge in [-0.2, -0.15) is 0 Å². The Bertz CT molecular complexity index is 464. The molecule has 1 fully saturated rings. The molecule has 1 aliphatic rings. The van der Waals surface area contributed by atoms with E-state index in [2.05, 4.69) is 5.32 Å². The molecule has 5 nitrogen and oxygen atoms in total. The average molecular weight is 264 g/mol. The fourth-order valence-electron chi connectivity index (χ4n) is 2.33. The van der Waals surface area contributed by atoms with Crippen molar-refractivity contribution in [2.24, 2.45) is 0 Å². The molecule has 5 heteroatoms. The van der Waals surface area contributed by atoms with E-state index in [9.17, 15) is 4.79 Å². The number of amides is 1. The van der Waals surface area contributed by atoms with Crippen molar-refractivity contribution in [2.45, 2.75) is 31.3 Å². The molecular formula is C14H20N2O3. The lowest BCUT2D eigenvalue weighted by molar-refractivity contribution is -0.129. The van der Waals surface area contributed by atoms with Crippen LogP contribution < -0.4 is 15.8 Å². The molecule has 1 aliphatic carbocycles. The van der Waals surface area contributed by atoms with E-state index in [-0.39, 0.29) is 11.5 Å². The summed E-state index contributed by atoms with van der Waals surface area (Å²) in [6, 6.07) is 5.20. The maximum absolute atomic E-state index is 12.0. The normalized spacial score (nSPS) is 16.5. The highest BCUT2D eigenvalue weighted by atomic mass is 16.5. The minimum Gasteiger partial charge on any atom is -0.495 e. The Morgan fingerprint density at radius 1 is 1.42 bits per heavy atom. The molecule has 104 valence electrons. The van der Waals surface area contributed by atoms with Crippen molar-refractivity contribution in [1.29, 1.82) is 0 Å². The van der Waals surface area contributed by atoms with Gasteiger partial charge in [-0.1, -0.05) is 0 Å². The minimum absolute atomic E-state index is 0.0499. The van der Waals surface area contributed by atoms with Gasteiger partial charge in [0.15, 0.2) is 0 Å². The highest BCUT2D eigenvalue weighted by Gasteiger charge is 2.38. The number of benzene rings is 1. The topological polar surface area (TPSA) is 73.6 Å². The first-order valence-corrected chi connectivity index (χ1v) is 6.37. The van der Waals surface area contributed by atoms with Gasteiger partial charge in [0, 0.05) is 12.8 Å². The molecule has 0 radical (unpaired) electrons. The van der Waals surface area contributed by atoms with Crippen molar-refractivity contribution in [1.82, 2.24) is 0 Å². The monoisotopic (exact) mass is 264 g/mol. The number of anilines is 2. The first-order valence-electron chi connectivity index (χ1n) is 6.37. The lowest BCUT2D eigenvalue weighted by Gasteiger charge is -2.39. The summed E-state index contributed by atoms with van der Waals surface area (Å²) in [4.78, 5) is 12.0. The molecule has 1 aromatic carbocycles. The average Bonchev–Trinajstić information content (AvgIpc) is 2.34. The molecule has 19 heavy (non-hydrogen) atoms. The first-order chi connectivity index (χ1) is 9.08. The predicted octanol–water partition coefficient (Wildman–Crippen LogP) is 2.18. The van der Waals surface area contributed by atoms with Gasteiger partial charge >= 0.3 is 0 Å². The number of hydrogen-bond acceptors (Lipinski definition) is 4. The first kappa shape index (κ1) is 13.7.